The lowest BCUT2D eigenvalue weighted by atomic mass is 9.85. The van der Waals surface area contributed by atoms with E-state index in [0.717, 1.165) is 25.5 Å². The highest BCUT2D eigenvalue weighted by Gasteiger charge is 2.52. The number of nitrogens with zero attached hydrogens (tertiary/aromatic N) is 3. The summed E-state index contributed by atoms with van der Waals surface area (Å²) >= 11 is 0. The van der Waals surface area contributed by atoms with Gasteiger partial charge in [0.25, 0.3) is 5.91 Å². The summed E-state index contributed by atoms with van der Waals surface area (Å²) in [6, 6.07) is 0. The van der Waals surface area contributed by atoms with Crippen molar-refractivity contribution in [3.8, 4) is 0 Å². The molecule has 0 saturated carbocycles. The Morgan fingerprint density at radius 2 is 2.05 bits per heavy atom. The number of hydrogen-bond acceptors (Lipinski definition) is 4. The van der Waals surface area contributed by atoms with Gasteiger partial charge in [0.05, 0.1) is 0 Å². The van der Waals surface area contributed by atoms with Crippen LogP contribution in [0.4, 0.5) is 0 Å². The van der Waals surface area contributed by atoms with Crippen molar-refractivity contribution in [2.45, 2.75) is 45.6 Å². The van der Waals surface area contributed by atoms with Crippen LogP contribution in [-0.4, -0.2) is 51.2 Å². The fourth-order valence-corrected chi connectivity index (χ4v) is 3.58. The molecule has 3 heterocycles. The first-order chi connectivity index (χ1) is 9.71. The predicted octanol–water partition coefficient (Wildman–Crippen LogP) is 1.17. The predicted molar refractivity (Wildman–Crippen MR) is 80.0 cm³/mol. The molecule has 2 atom stereocenters. The summed E-state index contributed by atoms with van der Waals surface area (Å²) in [5, 5.41) is 10.5. The summed E-state index contributed by atoms with van der Waals surface area (Å²) in [5.41, 5.74) is -0.278. The zero-order valence-corrected chi connectivity index (χ0v) is 13.5. The Morgan fingerprint density at radius 3 is 2.62 bits per heavy atom. The number of likely N-dealkylation sites (tertiary alicyclic amines) is 1. The molecule has 6 heteroatoms. The second-order valence-electron chi connectivity index (χ2n) is 7.85. The molecule has 2 fully saturated rings. The van der Waals surface area contributed by atoms with E-state index in [2.05, 4.69) is 55.1 Å². The Bertz CT molecular complexity index is 557. The topological polar surface area (TPSA) is 73.9 Å². The summed E-state index contributed by atoms with van der Waals surface area (Å²) in [5.74, 6) is 2.05. The molecule has 2 aliphatic rings. The van der Waals surface area contributed by atoms with Crippen LogP contribution < -0.4 is 5.32 Å². The number of carbonyl (C=O) groups is 1. The van der Waals surface area contributed by atoms with E-state index in [1.165, 1.54) is 0 Å². The Kier molecular flexibility index (Phi) is 3.13. The molecule has 0 radical (unpaired) electrons. The summed E-state index contributed by atoms with van der Waals surface area (Å²) in [6.07, 6.45) is 0. The van der Waals surface area contributed by atoms with Gasteiger partial charge in [-0.1, -0.05) is 20.8 Å². The van der Waals surface area contributed by atoms with Crippen LogP contribution in [0.3, 0.4) is 0 Å². The first-order valence-corrected chi connectivity index (χ1v) is 7.67. The summed E-state index contributed by atoms with van der Waals surface area (Å²) < 4.78 is 0. The van der Waals surface area contributed by atoms with Gasteiger partial charge in [-0.15, -0.1) is 5.10 Å². The lowest BCUT2D eigenvalue weighted by Gasteiger charge is -2.34. The fraction of sp³-hybridized carbons (Fsp3) is 0.800. The third-order valence-electron chi connectivity index (χ3n) is 4.99. The Balaban J connectivity index is 1.84. The number of aromatic nitrogens is 3. The van der Waals surface area contributed by atoms with E-state index in [1.807, 2.05) is 4.90 Å². The van der Waals surface area contributed by atoms with Crippen LogP contribution >= 0.6 is 0 Å². The van der Waals surface area contributed by atoms with Crippen LogP contribution in [0.1, 0.15) is 51.1 Å². The number of nitrogens with one attached hydrogen (secondary N) is 2. The second-order valence-corrected chi connectivity index (χ2v) is 7.85. The smallest absolute Gasteiger partial charge is 0.293 e. The standard InChI is InChI=1S/C15H25N5O/c1-14(2,3)13-17-11(18-19-13)12(21)20-8-9-6-16-7-10(9)15(20,4)5/h9-10,16H,6-8H2,1-5H3,(H,17,18,19). The summed E-state index contributed by atoms with van der Waals surface area (Å²) in [6.45, 7) is 13.2. The molecule has 1 aromatic rings. The number of aromatic amines is 1. The molecule has 2 unspecified atom stereocenters. The summed E-state index contributed by atoms with van der Waals surface area (Å²) in [7, 11) is 0. The maximum absolute atomic E-state index is 12.8. The van der Waals surface area contributed by atoms with Gasteiger partial charge in [-0.2, -0.15) is 0 Å². The lowest BCUT2D eigenvalue weighted by Crippen LogP contribution is -2.48. The van der Waals surface area contributed by atoms with Gasteiger partial charge >= 0.3 is 0 Å². The molecular formula is C15H25N5O. The monoisotopic (exact) mass is 291 g/mol. The Morgan fingerprint density at radius 1 is 1.33 bits per heavy atom. The van der Waals surface area contributed by atoms with Gasteiger partial charge in [0.1, 0.15) is 5.82 Å². The van der Waals surface area contributed by atoms with Crippen molar-refractivity contribution in [2.24, 2.45) is 11.8 Å². The van der Waals surface area contributed by atoms with E-state index in [-0.39, 0.29) is 16.9 Å². The zero-order valence-electron chi connectivity index (χ0n) is 13.5. The first-order valence-electron chi connectivity index (χ1n) is 7.67. The molecule has 0 aromatic carbocycles. The van der Waals surface area contributed by atoms with E-state index in [1.54, 1.807) is 0 Å². The van der Waals surface area contributed by atoms with Crippen LogP contribution in [0.5, 0.6) is 0 Å². The van der Waals surface area contributed by atoms with Crippen LogP contribution in [0, 0.1) is 11.8 Å². The lowest BCUT2D eigenvalue weighted by molar-refractivity contribution is 0.0591. The van der Waals surface area contributed by atoms with Gasteiger partial charge < -0.3 is 10.2 Å². The molecule has 0 bridgehead atoms. The van der Waals surface area contributed by atoms with Crippen LogP contribution in [0.2, 0.25) is 0 Å². The zero-order chi connectivity index (χ0) is 15.4. The van der Waals surface area contributed by atoms with E-state index < -0.39 is 0 Å². The average Bonchev–Trinajstić information content (AvgIpc) is 3.05. The van der Waals surface area contributed by atoms with Crippen molar-refractivity contribution >= 4 is 5.91 Å². The van der Waals surface area contributed by atoms with Gasteiger partial charge in [-0.05, 0) is 25.7 Å². The molecule has 2 aliphatic heterocycles. The SMILES string of the molecule is CC(C)(C)c1nc(C(=O)N2CC3CNCC3C2(C)C)n[nH]1. The molecule has 0 aliphatic carbocycles. The summed E-state index contributed by atoms with van der Waals surface area (Å²) in [4.78, 5) is 19.2. The third kappa shape index (κ3) is 2.25. The fourth-order valence-electron chi connectivity index (χ4n) is 3.58. The molecule has 6 nitrogen and oxygen atoms in total. The average molecular weight is 291 g/mol. The molecule has 21 heavy (non-hydrogen) atoms. The van der Waals surface area contributed by atoms with Gasteiger partial charge in [-0.3, -0.25) is 9.89 Å². The van der Waals surface area contributed by atoms with Crippen molar-refractivity contribution in [3.63, 3.8) is 0 Å². The van der Waals surface area contributed by atoms with Crippen molar-refractivity contribution in [3.05, 3.63) is 11.6 Å². The van der Waals surface area contributed by atoms with Gasteiger partial charge in [0.15, 0.2) is 0 Å². The van der Waals surface area contributed by atoms with Crippen molar-refractivity contribution < 1.29 is 4.79 Å². The minimum absolute atomic E-state index is 0.0545. The van der Waals surface area contributed by atoms with Crippen molar-refractivity contribution in [1.29, 1.82) is 0 Å². The van der Waals surface area contributed by atoms with Crippen LogP contribution in [0.25, 0.3) is 0 Å². The molecule has 1 aromatic heterocycles. The normalized spacial score (nSPS) is 28.0. The Labute approximate surface area is 125 Å². The number of rotatable bonds is 1. The molecule has 2 N–H and O–H groups in total. The van der Waals surface area contributed by atoms with Crippen LogP contribution in [0.15, 0.2) is 0 Å². The van der Waals surface area contributed by atoms with Crippen LogP contribution in [-0.2, 0) is 5.41 Å². The van der Waals surface area contributed by atoms with E-state index in [4.69, 9.17) is 0 Å². The molecule has 116 valence electrons. The quantitative estimate of drug-likeness (QED) is 0.814. The maximum atomic E-state index is 12.8. The number of hydrogen-bond donors (Lipinski definition) is 2. The number of amides is 1. The molecule has 0 spiro atoms. The second kappa shape index (κ2) is 4.53. The molecule has 3 rings (SSSR count). The van der Waals surface area contributed by atoms with E-state index in [0.29, 0.717) is 17.7 Å². The van der Waals surface area contributed by atoms with Gasteiger partial charge in [0.2, 0.25) is 5.82 Å². The number of fused-ring (bicyclic) bond motifs is 1. The van der Waals surface area contributed by atoms with Crippen molar-refractivity contribution in [1.82, 2.24) is 25.4 Å². The van der Waals surface area contributed by atoms with Gasteiger partial charge in [0, 0.05) is 30.6 Å². The van der Waals surface area contributed by atoms with Gasteiger partial charge in [-0.25, -0.2) is 4.98 Å². The number of H-pyrrole nitrogens is 1. The minimum atomic E-state index is -0.145. The maximum Gasteiger partial charge on any atom is 0.293 e. The largest absolute Gasteiger partial charge is 0.330 e. The third-order valence-corrected chi connectivity index (χ3v) is 4.99. The minimum Gasteiger partial charge on any atom is -0.330 e. The molecule has 2 saturated heterocycles. The van der Waals surface area contributed by atoms with E-state index >= 15 is 0 Å². The highest BCUT2D eigenvalue weighted by Crippen LogP contribution is 2.41. The highest BCUT2D eigenvalue weighted by molar-refractivity contribution is 5.91. The number of carbonyl (C=O) groups excluding carboxylic acids is 1. The first kappa shape index (κ1) is 14.5. The highest BCUT2D eigenvalue weighted by atomic mass is 16.2. The molecule has 1 amide bonds. The molecular weight excluding hydrogens is 266 g/mol. The Hall–Kier alpha value is -1.43. The van der Waals surface area contributed by atoms with E-state index in [9.17, 15) is 4.79 Å². The van der Waals surface area contributed by atoms with Crippen molar-refractivity contribution in [2.75, 3.05) is 19.6 Å².